The SMILES string of the molecule is Cc1ccc(NC(=O)CNc2ccc(C(=O)N3CCOCC3)c(Cl)c2)c(Br)c1. The van der Waals surface area contributed by atoms with Crippen LogP contribution in [0, 0.1) is 6.92 Å². The lowest BCUT2D eigenvalue weighted by atomic mass is 10.1. The summed E-state index contributed by atoms with van der Waals surface area (Å²) in [6.45, 7) is 4.25. The molecule has 0 aromatic heterocycles. The van der Waals surface area contributed by atoms with Gasteiger partial charge in [-0.25, -0.2) is 0 Å². The Balaban J connectivity index is 1.58. The number of carbonyl (C=O) groups is 2. The van der Waals surface area contributed by atoms with Crippen LogP contribution in [0.4, 0.5) is 11.4 Å². The molecule has 1 saturated heterocycles. The summed E-state index contributed by atoms with van der Waals surface area (Å²) in [4.78, 5) is 26.5. The summed E-state index contributed by atoms with van der Waals surface area (Å²) in [5.41, 5.74) is 2.93. The van der Waals surface area contributed by atoms with E-state index in [1.807, 2.05) is 25.1 Å². The molecule has 2 N–H and O–H groups in total. The first kappa shape index (κ1) is 20.6. The Kier molecular flexibility index (Phi) is 6.93. The topological polar surface area (TPSA) is 70.7 Å². The maximum Gasteiger partial charge on any atom is 0.255 e. The normalized spacial score (nSPS) is 13.9. The summed E-state index contributed by atoms with van der Waals surface area (Å²) in [5, 5.41) is 6.22. The van der Waals surface area contributed by atoms with Crippen molar-refractivity contribution in [3.8, 4) is 0 Å². The third-order valence-corrected chi connectivity index (χ3v) is 5.32. The molecule has 2 amide bonds. The lowest BCUT2D eigenvalue weighted by Crippen LogP contribution is -2.40. The fraction of sp³-hybridized carbons (Fsp3) is 0.300. The molecule has 0 atom stereocenters. The Bertz CT molecular complexity index is 885. The third kappa shape index (κ3) is 5.25. The molecule has 0 bridgehead atoms. The smallest absolute Gasteiger partial charge is 0.255 e. The van der Waals surface area contributed by atoms with Gasteiger partial charge in [0.2, 0.25) is 5.91 Å². The van der Waals surface area contributed by atoms with Crippen molar-refractivity contribution < 1.29 is 14.3 Å². The van der Waals surface area contributed by atoms with Crippen LogP contribution in [0.15, 0.2) is 40.9 Å². The average molecular weight is 467 g/mol. The molecule has 2 aromatic carbocycles. The number of nitrogens with zero attached hydrogens (tertiary/aromatic N) is 1. The molecule has 1 heterocycles. The second-order valence-electron chi connectivity index (χ2n) is 6.48. The van der Waals surface area contributed by atoms with Gasteiger partial charge in [-0.2, -0.15) is 0 Å². The molecule has 2 aromatic rings. The summed E-state index contributed by atoms with van der Waals surface area (Å²) in [5.74, 6) is -0.295. The largest absolute Gasteiger partial charge is 0.378 e. The molecule has 0 unspecified atom stereocenters. The predicted molar refractivity (Wildman–Crippen MR) is 114 cm³/mol. The Morgan fingerprint density at radius 3 is 2.61 bits per heavy atom. The van der Waals surface area contributed by atoms with Crippen molar-refractivity contribution >= 4 is 50.7 Å². The van der Waals surface area contributed by atoms with E-state index >= 15 is 0 Å². The number of nitrogens with one attached hydrogen (secondary N) is 2. The number of anilines is 2. The Labute approximate surface area is 177 Å². The van der Waals surface area contributed by atoms with E-state index in [9.17, 15) is 9.59 Å². The number of halogens is 2. The summed E-state index contributed by atoms with van der Waals surface area (Å²) >= 11 is 9.74. The number of aryl methyl sites for hydroxylation is 1. The molecule has 0 radical (unpaired) electrons. The number of ether oxygens (including phenoxy) is 1. The summed E-state index contributed by atoms with van der Waals surface area (Å²) in [7, 11) is 0. The minimum absolute atomic E-state index is 0.0768. The molecule has 28 heavy (non-hydrogen) atoms. The van der Waals surface area contributed by atoms with Gasteiger partial charge < -0.3 is 20.3 Å². The van der Waals surface area contributed by atoms with Crippen LogP contribution < -0.4 is 10.6 Å². The Hall–Kier alpha value is -2.09. The molecule has 0 aliphatic carbocycles. The molecule has 1 aliphatic rings. The van der Waals surface area contributed by atoms with E-state index in [1.165, 1.54) is 0 Å². The molecule has 1 aliphatic heterocycles. The number of morpholine rings is 1. The van der Waals surface area contributed by atoms with Crippen LogP contribution in [-0.2, 0) is 9.53 Å². The fourth-order valence-electron chi connectivity index (χ4n) is 2.83. The van der Waals surface area contributed by atoms with Crippen LogP contribution in [0.2, 0.25) is 5.02 Å². The molecule has 1 fully saturated rings. The zero-order valence-corrected chi connectivity index (χ0v) is 17.8. The van der Waals surface area contributed by atoms with Gasteiger partial charge in [0.25, 0.3) is 5.91 Å². The van der Waals surface area contributed by atoms with Gasteiger partial charge in [-0.05, 0) is 58.7 Å². The minimum atomic E-state index is -0.186. The average Bonchev–Trinajstić information content (AvgIpc) is 2.69. The van der Waals surface area contributed by atoms with Crippen molar-refractivity contribution in [3.05, 3.63) is 57.0 Å². The first-order valence-corrected chi connectivity index (χ1v) is 10.1. The van der Waals surface area contributed by atoms with Crippen LogP contribution >= 0.6 is 27.5 Å². The lowest BCUT2D eigenvalue weighted by Gasteiger charge is -2.27. The fourth-order valence-corrected chi connectivity index (χ4v) is 3.69. The van der Waals surface area contributed by atoms with Crippen LogP contribution in [-0.4, -0.2) is 49.6 Å². The second-order valence-corrected chi connectivity index (χ2v) is 7.75. The van der Waals surface area contributed by atoms with Gasteiger partial charge in [0.1, 0.15) is 0 Å². The van der Waals surface area contributed by atoms with Crippen molar-refractivity contribution in [2.45, 2.75) is 6.92 Å². The quantitative estimate of drug-likeness (QED) is 0.700. The maximum absolute atomic E-state index is 12.6. The van der Waals surface area contributed by atoms with Gasteiger partial charge in [0.15, 0.2) is 0 Å². The van der Waals surface area contributed by atoms with E-state index in [4.69, 9.17) is 16.3 Å². The standard InChI is InChI=1S/C20H21BrClN3O3/c1-13-2-5-18(16(21)10-13)24-19(26)12-23-14-3-4-15(17(22)11-14)20(27)25-6-8-28-9-7-25/h2-5,10-11,23H,6-9,12H2,1H3,(H,24,26). The first-order chi connectivity index (χ1) is 13.4. The molecular formula is C20H21BrClN3O3. The van der Waals surface area contributed by atoms with Gasteiger partial charge in [0, 0.05) is 23.2 Å². The summed E-state index contributed by atoms with van der Waals surface area (Å²) < 4.78 is 6.10. The van der Waals surface area contributed by atoms with Gasteiger partial charge in [0.05, 0.1) is 36.0 Å². The van der Waals surface area contributed by atoms with Crippen LogP contribution in [0.3, 0.4) is 0 Å². The molecule has 8 heteroatoms. The maximum atomic E-state index is 12.6. The number of hydrogen-bond acceptors (Lipinski definition) is 4. The van der Waals surface area contributed by atoms with E-state index in [0.29, 0.717) is 48.3 Å². The number of rotatable bonds is 5. The zero-order chi connectivity index (χ0) is 20.1. The molecule has 148 valence electrons. The zero-order valence-electron chi connectivity index (χ0n) is 15.4. The Morgan fingerprint density at radius 2 is 1.93 bits per heavy atom. The van der Waals surface area contributed by atoms with Crippen molar-refractivity contribution in [2.24, 2.45) is 0 Å². The van der Waals surface area contributed by atoms with Crippen LogP contribution in [0.25, 0.3) is 0 Å². The van der Waals surface area contributed by atoms with Gasteiger partial charge in [-0.1, -0.05) is 17.7 Å². The molecular weight excluding hydrogens is 446 g/mol. The highest BCUT2D eigenvalue weighted by atomic mass is 79.9. The van der Waals surface area contributed by atoms with E-state index < -0.39 is 0 Å². The third-order valence-electron chi connectivity index (χ3n) is 4.35. The van der Waals surface area contributed by atoms with E-state index in [1.54, 1.807) is 23.1 Å². The Morgan fingerprint density at radius 1 is 1.18 bits per heavy atom. The minimum Gasteiger partial charge on any atom is -0.378 e. The first-order valence-electron chi connectivity index (χ1n) is 8.90. The van der Waals surface area contributed by atoms with E-state index in [2.05, 4.69) is 26.6 Å². The highest BCUT2D eigenvalue weighted by Gasteiger charge is 2.20. The van der Waals surface area contributed by atoms with Crippen molar-refractivity contribution in [1.29, 1.82) is 0 Å². The predicted octanol–water partition coefficient (Wildman–Crippen LogP) is 3.93. The van der Waals surface area contributed by atoms with Gasteiger partial charge >= 0.3 is 0 Å². The lowest BCUT2D eigenvalue weighted by molar-refractivity contribution is -0.114. The van der Waals surface area contributed by atoms with Crippen molar-refractivity contribution in [2.75, 3.05) is 43.5 Å². The number of amides is 2. The summed E-state index contributed by atoms with van der Waals surface area (Å²) in [6.07, 6.45) is 0. The van der Waals surface area contributed by atoms with Crippen LogP contribution in [0.5, 0.6) is 0 Å². The van der Waals surface area contributed by atoms with E-state index in [-0.39, 0.29) is 18.4 Å². The summed E-state index contributed by atoms with van der Waals surface area (Å²) in [6, 6.07) is 10.8. The number of carbonyl (C=O) groups excluding carboxylic acids is 2. The van der Waals surface area contributed by atoms with Gasteiger partial charge in [-0.15, -0.1) is 0 Å². The molecule has 3 rings (SSSR count). The van der Waals surface area contributed by atoms with Crippen molar-refractivity contribution in [3.63, 3.8) is 0 Å². The second kappa shape index (κ2) is 9.41. The highest BCUT2D eigenvalue weighted by Crippen LogP contribution is 2.24. The highest BCUT2D eigenvalue weighted by molar-refractivity contribution is 9.10. The molecule has 0 spiro atoms. The monoisotopic (exact) mass is 465 g/mol. The number of benzene rings is 2. The number of hydrogen-bond donors (Lipinski definition) is 2. The van der Waals surface area contributed by atoms with Crippen molar-refractivity contribution in [1.82, 2.24) is 4.90 Å². The molecule has 0 saturated carbocycles. The van der Waals surface area contributed by atoms with E-state index in [0.717, 1.165) is 10.0 Å². The molecule has 6 nitrogen and oxygen atoms in total. The van der Waals surface area contributed by atoms with Gasteiger partial charge in [-0.3, -0.25) is 9.59 Å². The van der Waals surface area contributed by atoms with Crippen LogP contribution in [0.1, 0.15) is 15.9 Å².